The van der Waals surface area contributed by atoms with Crippen molar-refractivity contribution in [3.8, 4) is 0 Å². The Morgan fingerprint density at radius 2 is 1.48 bits per heavy atom. The summed E-state index contributed by atoms with van der Waals surface area (Å²) in [6.07, 6.45) is 6.36. The molecule has 1 aromatic rings. The Morgan fingerprint density at radius 3 is 2.10 bits per heavy atom. The number of rotatable bonds is 0. The van der Waals surface area contributed by atoms with E-state index in [9.17, 15) is 4.79 Å². The van der Waals surface area contributed by atoms with Crippen LogP contribution in [0.4, 0.5) is 0 Å². The molecule has 1 N–H and O–H groups in total. The van der Waals surface area contributed by atoms with Gasteiger partial charge in [-0.3, -0.25) is 4.79 Å². The maximum Gasteiger partial charge on any atom is 0.227 e. The lowest BCUT2D eigenvalue weighted by Gasteiger charge is -2.24. The van der Waals surface area contributed by atoms with E-state index < -0.39 is 0 Å². The Kier molecular flexibility index (Phi) is 7.49. The summed E-state index contributed by atoms with van der Waals surface area (Å²) in [5, 5.41) is 2.97. The monoisotopic (exact) mass is 289 g/mol. The first-order valence-corrected chi connectivity index (χ1v) is 8.68. The molecule has 1 unspecified atom stereocenters. The Balaban J connectivity index is 0.000000510. The average molecular weight is 289 g/mol. The predicted octanol–water partition coefficient (Wildman–Crippen LogP) is 4.74. The number of hydrogen-bond acceptors (Lipinski definition) is 1. The molecule has 1 atom stereocenters. The van der Waals surface area contributed by atoms with Gasteiger partial charge in [0.2, 0.25) is 5.91 Å². The smallest absolute Gasteiger partial charge is 0.227 e. The minimum Gasteiger partial charge on any atom is -0.351 e. The van der Waals surface area contributed by atoms with Gasteiger partial charge in [0.15, 0.2) is 0 Å². The van der Waals surface area contributed by atoms with Crippen LogP contribution in [0.5, 0.6) is 0 Å². The first-order chi connectivity index (χ1) is 10.3. The number of carbonyl (C=O) groups excluding carboxylic acids is 1. The van der Waals surface area contributed by atoms with Gasteiger partial charge in [-0.25, -0.2) is 0 Å². The van der Waals surface area contributed by atoms with Crippen LogP contribution in [0.3, 0.4) is 0 Å². The molecule has 1 amide bonds. The second kappa shape index (κ2) is 8.86. The SMILES string of the molecule is CC.CC.CC1C(=O)NCc2cc3c(cc21)CCCCC3. The molecule has 21 heavy (non-hydrogen) atoms. The van der Waals surface area contributed by atoms with Gasteiger partial charge >= 0.3 is 0 Å². The second-order valence-corrected chi connectivity index (χ2v) is 5.32. The number of carbonyl (C=O) groups is 1. The van der Waals surface area contributed by atoms with Crippen molar-refractivity contribution in [1.29, 1.82) is 0 Å². The fourth-order valence-electron chi connectivity index (χ4n) is 3.07. The second-order valence-electron chi connectivity index (χ2n) is 5.32. The van der Waals surface area contributed by atoms with Crippen molar-refractivity contribution < 1.29 is 4.79 Å². The molecule has 1 aliphatic heterocycles. The van der Waals surface area contributed by atoms with Crippen LogP contribution in [-0.4, -0.2) is 5.91 Å². The molecule has 3 rings (SSSR count). The fourth-order valence-corrected chi connectivity index (χ4v) is 3.07. The van der Waals surface area contributed by atoms with E-state index in [1.54, 1.807) is 0 Å². The zero-order valence-corrected chi connectivity index (χ0v) is 14.4. The summed E-state index contributed by atoms with van der Waals surface area (Å²) in [4.78, 5) is 11.7. The Morgan fingerprint density at radius 1 is 0.905 bits per heavy atom. The molecule has 2 heteroatoms. The van der Waals surface area contributed by atoms with Crippen LogP contribution in [0, 0.1) is 0 Å². The average Bonchev–Trinajstić information content (AvgIpc) is 2.78. The zero-order valence-electron chi connectivity index (χ0n) is 14.4. The Hall–Kier alpha value is -1.31. The number of hydrogen-bond donors (Lipinski definition) is 1. The summed E-state index contributed by atoms with van der Waals surface area (Å²) in [6.45, 7) is 10.7. The van der Waals surface area contributed by atoms with Crippen molar-refractivity contribution in [1.82, 2.24) is 5.32 Å². The molecule has 1 aliphatic carbocycles. The van der Waals surface area contributed by atoms with E-state index in [4.69, 9.17) is 0 Å². The Labute approximate surface area is 130 Å². The molecule has 0 fully saturated rings. The molecule has 0 aromatic heterocycles. The van der Waals surface area contributed by atoms with Crippen molar-refractivity contribution in [2.45, 2.75) is 79.2 Å². The first-order valence-electron chi connectivity index (χ1n) is 8.68. The van der Waals surface area contributed by atoms with E-state index in [0.29, 0.717) is 6.54 Å². The minimum absolute atomic E-state index is 0.0207. The van der Waals surface area contributed by atoms with Crippen molar-refractivity contribution in [2.24, 2.45) is 0 Å². The molecule has 0 bridgehead atoms. The lowest BCUT2D eigenvalue weighted by Crippen LogP contribution is -2.33. The molecule has 2 aliphatic rings. The lowest BCUT2D eigenvalue weighted by molar-refractivity contribution is -0.122. The molecule has 1 heterocycles. The van der Waals surface area contributed by atoms with Gasteiger partial charge in [0.05, 0.1) is 5.92 Å². The van der Waals surface area contributed by atoms with Crippen molar-refractivity contribution in [3.63, 3.8) is 0 Å². The third-order valence-corrected chi connectivity index (χ3v) is 4.17. The van der Waals surface area contributed by atoms with Gasteiger partial charge in [-0.15, -0.1) is 0 Å². The van der Waals surface area contributed by atoms with Gasteiger partial charge in [0, 0.05) is 6.54 Å². The third-order valence-electron chi connectivity index (χ3n) is 4.17. The molecular weight excluding hydrogens is 258 g/mol. The van der Waals surface area contributed by atoms with E-state index in [2.05, 4.69) is 17.4 Å². The van der Waals surface area contributed by atoms with E-state index >= 15 is 0 Å². The van der Waals surface area contributed by atoms with Crippen molar-refractivity contribution >= 4 is 5.91 Å². The highest BCUT2D eigenvalue weighted by atomic mass is 16.1. The van der Waals surface area contributed by atoms with Crippen molar-refractivity contribution in [3.05, 3.63) is 34.4 Å². The molecule has 1 aromatic carbocycles. The standard InChI is InChI=1S/C15H19NO.2C2H6/c1-10-14-8-12-6-4-2-3-5-11(12)7-13(14)9-16-15(10)17;2*1-2/h7-8,10H,2-6,9H2,1H3,(H,16,17);2*1-2H3. The number of benzene rings is 1. The van der Waals surface area contributed by atoms with Gasteiger partial charge in [-0.05, 0) is 54.9 Å². The highest BCUT2D eigenvalue weighted by Crippen LogP contribution is 2.30. The van der Waals surface area contributed by atoms with Gasteiger partial charge in [-0.2, -0.15) is 0 Å². The van der Waals surface area contributed by atoms with E-state index in [0.717, 1.165) is 0 Å². The fraction of sp³-hybridized carbons (Fsp3) is 0.632. The lowest BCUT2D eigenvalue weighted by atomic mass is 9.87. The van der Waals surface area contributed by atoms with Gasteiger partial charge in [0.25, 0.3) is 0 Å². The van der Waals surface area contributed by atoms with Gasteiger partial charge < -0.3 is 5.32 Å². The molecule has 0 saturated heterocycles. The first kappa shape index (κ1) is 17.7. The molecule has 2 nitrogen and oxygen atoms in total. The van der Waals surface area contributed by atoms with Crippen LogP contribution in [0.25, 0.3) is 0 Å². The summed E-state index contributed by atoms with van der Waals surface area (Å²) in [5.74, 6) is 0.193. The quantitative estimate of drug-likeness (QED) is 0.687. The number of amides is 1. The van der Waals surface area contributed by atoms with Crippen LogP contribution in [-0.2, 0) is 24.2 Å². The molecular formula is C19H31NO. The van der Waals surface area contributed by atoms with Gasteiger partial charge in [0.1, 0.15) is 0 Å². The summed E-state index contributed by atoms with van der Waals surface area (Å²) >= 11 is 0. The highest BCUT2D eigenvalue weighted by Gasteiger charge is 2.24. The topological polar surface area (TPSA) is 29.1 Å². The minimum atomic E-state index is 0.0207. The maximum atomic E-state index is 11.7. The van der Waals surface area contributed by atoms with E-state index in [1.807, 2.05) is 34.6 Å². The van der Waals surface area contributed by atoms with Crippen LogP contribution in [0.15, 0.2) is 12.1 Å². The van der Waals surface area contributed by atoms with Crippen LogP contribution < -0.4 is 5.32 Å². The van der Waals surface area contributed by atoms with Crippen LogP contribution in [0.2, 0.25) is 0 Å². The number of fused-ring (bicyclic) bond motifs is 2. The predicted molar refractivity (Wildman–Crippen MR) is 90.7 cm³/mol. The number of nitrogens with one attached hydrogen (secondary N) is 1. The largest absolute Gasteiger partial charge is 0.351 e. The van der Waals surface area contributed by atoms with Crippen molar-refractivity contribution in [2.75, 3.05) is 0 Å². The van der Waals surface area contributed by atoms with E-state index in [1.165, 1.54) is 54.4 Å². The third kappa shape index (κ3) is 4.09. The van der Waals surface area contributed by atoms with Gasteiger partial charge in [-0.1, -0.05) is 46.2 Å². The summed E-state index contributed by atoms with van der Waals surface area (Å²) < 4.78 is 0. The maximum absolute atomic E-state index is 11.7. The van der Waals surface area contributed by atoms with Crippen LogP contribution >= 0.6 is 0 Å². The Bertz CT molecular complexity index is 465. The highest BCUT2D eigenvalue weighted by molar-refractivity contribution is 5.85. The number of aryl methyl sites for hydroxylation is 2. The normalized spacial score (nSPS) is 19.5. The van der Waals surface area contributed by atoms with E-state index in [-0.39, 0.29) is 11.8 Å². The molecule has 0 radical (unpaired) electrons. The van der Waals surface area contributed by atoms with Crippen LogP contribution in [0.1, 0.15) is 82.1 Å². The zero-order chi connectivity index (χ0) is 15.8. The summed E-state index contributed by atoms with van der Waals surface area (Å²) in [5.41, 5.74) is 5.60. The molecule has 118 valence electrons. The molecule has 0 saturated carbocycles. The molecule has 0 spiro atoms. The summed E-state index contributed by atoms with van der Waals surface area (Å²) in [6, 6.07) is 4.64. The summed E-state index contributed by atoms with van der Waals surface area (Å²) in [7, 11) is 0.